The van der Waals surface area contributed by atoms with Crippen LogP contribution in [-0.2, 0) is 6.18 Å². The summed E-state index contributed by atoms with van der Waals surface area (Å²) in [6.45, 7) is 3.47. The van der Waals surface area contributed by atoms with Gasteiger partial charge in [0.1, 0.15) is 0 Å². The van der Waals surface area contributed by atoms with Crippen molar-refractivity contribution < 1.29 is 18.0 Å². The number of carbonyl (C=O) groups is 1. The molecule has 1 amide bonds. The molecule has 0 spiro atoms. The third kappa shape index (κ3) is 2.80. The molecular formula is C13H11BrF3N3O. The summed E-state index contributed by atoms with van der Waals surface area (Å²) in [5, 5.41) is 4.20. The largest absolute Gasteiger partial charge is 0.416 e. The molecule has 0 fully saturated rings. The summed E-state index contributed by atoms with van der Waals surface area (Å²) in [6.07, 6.45) is -4.54. The quantitative estimate of drug-likeness (QED) is 0.891. The minimum atomic E-state index is -4.54. The Hall–Kier alpha value is -1.83. The Labute approximate surface area is 126 Å². The van der Waals surface area contributed by atoms with Crippen molar-refractivity contribution in [2.45, 2.75) is 20.0 Å². The summed E-state index contributed by atoms with van der Waals surface area (Å²) >= 11 is 3.33. The van der Waals surface area contributed by atoms with Crippen LogP contribution < -0.4 is 5.73 Å². The van der Waals surface area contributed by atoms with Crippen molar-refractivity contribution in [3.05, 3.63) is 45.2 Å². The van der Waals surface area contributed by atoms with Crippen LogP contribution in [0, 0.1) is 13.8 Å². The maximum atomic E-state index is 12.7. The fourth-order valence-electron chi connectivity index (χ4n) is 1.95. The van der Waals surface area contributed by atoms with Gasteiger partial charge in [-0.05, 0) is 48.0 Å². The van der Waals surface area contributed by atoms with Crippen LogP contribution in [0.2, 0.25) is 0 Å². The van der Waals surface area contributed by atoms with Gasteiger partial charge in [0.15, 0.2) is 0 Å². The first-order valence-corrected chi connectivity index (χ1v) is 6.65. The van der Waals surface area contributed by atoms with Crippen molar-refractivity contribution in [2.24, 2.45) is 5.73 Å². The van der Waals surface area contributed by atoms with Crippen LogP contribution in [0.15, 0.2) is 22.7 Å². The third-order valence-corrected chi connectivity index (χ3v) is 4.17. The van der Waals surface area contributed by atoms with Gasteiger partial charge in [-0.2, -0.15) is 18.3 Å². The molecule has 1 aromatic heterocycles. The zero-order valence-electron chi connectivity index (χ0n) is 11.1. The van der Waals surface area contributed by atoms with Gasteiger partial charge >= 0.3 is 6.18 Å². The second kappa shape index (κ2) is 5.18. The van der Waals surface area contributed by atoms with Crippen LogP contribution >= 0.6 is 15.9 Å². The zero-order valence-corrected chi connectivity index (χ0v) is 12.7. The topological polar surface area (TPSA) is 60.9 Å². The molecule has 0 saturated carbocycles. The second-order valence-corrected chi connectivity index (χ2v) is 5.28. The van der Waals surface area contributed by atoms with E-state index in [1.165, 1.54) is 10.7 Å². The lowest BCUT2D eigenvalue weighted by atomic mass is 10.1. The number of amides is 1. The van der Waals surface area contributed by atoms with E-state index in [4.69, 9.17) is 5.73 Å². The Morgan fingerprint density at radius 3 is 2.38 bits per heavy atom. The fraction of sp³-hybridized carbons (Fsp3) is 0.231. The number of benzene rings is 1. The Bertz CT molecular complexity index is 722. The number of rotatable bonds is 2. The van der Waals surface area contributed by atoms with Gasteiger partial charge in [-0.25, -0.2) is 4.68 Å². The van der Waals surface area contributed by atoms with E-state index in [0.29, 0.717) is 11.4 Å². The van der Waals surface area contributed by atoms with Gasteiger partial charge in [-0.3, -0.25) is 4.79 Å². The summed E-state index contributed by atoms with van der Waals surface area (Å²) in [6, 6.07) is 2.82. The Kier molecular flexibility index (Phi) is 3.83. The minimum Gasteiger partial charge on any atom is -0.366 e. The van der Waals surface area contributed by atoms with Gasteiger partial charge in [-0.15, -0.1) is 0 Å². The molecule has 0 unspecified atom stereocenters. The molecule has 8 heteroatoms. The molecule has 0 bridgehead atoms. The molecule has 0 radical (unpaired) electrons. The number of nitrogens with two attached hydrogens (primary N) is 1. The van der Waals surface area contributed by atoms with E-state index < -0.39 is 17.6 Å². The van der Waals surface area contributed by atoms with Crippen LogP contribution in [0.3, 0.4) is 0 Å². The van der Waals surface area contributed by atoms with Crippen molar-refractivity contribution in [3.8, 4) is 5.69 Å². The van der Waals surface area contributed by atoms with Crippen molar-refractivity contribution in [2.75, 3.05) is 0 Å². The van der Waals surface area contributed by atoms with Crippen molar-refractivity contribution in [1.29, 1.82) is 0 Å². The summed E-state index contributed by atoms with van der Waals surface area (Å²) in [7, 11) is 0. The molecule has 2 rings (SSSR count). The van der Waals surface area contributed by atoms with E-state index in [9.17, 15) is 18.0 Å². The van der Waals surface area contributed by atoms with Gasteiger partial charge < -0.3 is 5.73 Å². The summed E-state index contributed by atoms with van der Waals surface area (Å²) in [5.41, 5.74) is 5.56. The standard InChI is InChI=1S/C13H11BrF3N3O/c1-6-11(14)7(2)20(19-6)10-4-3-8(13(15,16)17)5-9(10)12(18)21/h3-5H,1-2H3,(H2,18,21). The lowest BCUT2D eigenvalue weighted by Gasteiger charge is -2.12. The zero-order chi connectivity index (χ0) is 15.9. The van der Waals surface area contributed by atoms with Gasteiger partial charge in [0.25, 0.3) is 5.91 Å². The van der Waals surface area contributed by atoms with Crippen molar-refractivity contribution in [1.82, 2.24) is 9.78 Å². The lowest BCUT2D eigenvalue weighted by Crippen LogP contribution is -2.17. The number of carbonyl (C=O) groups excluding carboxylic acids is 1. The highest BCUT2D eigenvalue weighted by molar-refractivity contribution is 9.10. The van der Waals surface area contributed by atoms with Crippen molar-refractivity contribution >= 4 is 21.8 Å². The number of hydrogen-bond donors (Lipinski definition) is 1. The first-order valence-electron chi connectivity index (χ1n) is 5.86. The Balaban J connectivity index is 2.69. The number of halogens is 4. The molecule has 112 valence electrons. The van der Waals surface area contributed by atoms with Gasteiger partial charge in [0, 0.05) is 0 Å². The molecule has 1 heterocycles. The second-order valence-electron chi connectivity index (χ2n) is 4.49. The van der Waals surface area contributed by atoms with Crippen LogP contribution in [0.1, 0.15) is 27.3 Å². The van der Waals surface area contributed by atoms with Crippen LogP contribution in [0.4, 0.5) is 13.2 Å². The minimum absolute atomic E-state index is 0.210. The summed E-state index contributed by atoms with van der Waals surface area (Å²) in [5.74, 6) is -0.945. The highest BCUT2D eigenvalue weighted by Crippen LogP contribution is 2.32. The number of hydrogen-bond acceptors (Lipinski definition) is 2. The summed E-state index contributed by atoms with van der Waals surface area (Å²) in [4.78, 5) is 11.5. The maximum Gasteiger partial charge on any atom is 0.416 e. The third-order valence-electron chi connectivity index (χ3n) is 3.02. The predicted molar refractivity (Wildman–Crippen MR) is 74.3 cm³/mol. The van der Waals surface area contributed by atoms with Crippen LogP contribution in [0.25, 0.3) is 5.69 Å². The molecule has 21 heavy (non-hydrogen) atoms. The van der Waals surface area contributed by atoms with E-state index in [1.807, 2.05) is 0 Å². The summed E-state index contributed by atoms with van der Waals surface area (Å²) < 4.78 is 40.3. The van der Waals surface area contributed by atoms with E-state index in [-0.39, 0.29) is 11.3 Å². The van der Waals surface area contributed by atoms with Crippen molar-refractivity contribution in [3.63, 3.8) is 0 Å². The molecule has 2 N–H and O–H groups in total. The molecule has 0 aliphatic rings. The normalized spacial score (nSPS) is 11.7. The van der Waals surface area contributed by atoms with Gasteiger partial charge in [0.05, 0.1) is 32.7 Å². The Morgan fingerprint density at radius 2 is 1.95 bits per heavy atom. The molecule has 1 aromatic carbocycles. The molecule has 4 nitrogen and oxygen atoms in total. The first-order chi connectivity index (χ1) is 9.62. The van der Waals surface area contributed by atoms with E-state index in [0.717, 1.165) is 16.6 Å². The molecule has 0 saturated heterocycles. The molecule has 0 aliphatic carbocycles. The average molecular weight is 362 g/mol. The van der Waals surface area contributed by atoms with E-state index >= 15 is 0 Å². The molecule has 0 atom stereocenters. The monoisotopic (exact) mass is 361 g/mol. The average Bonchev–Trinajstić information content (AvgIpc) is 2.64. The lowest BCUT2D eigenvalue weighted by molar-refractivity contribution is -0.137. The SMILES string of the molecule is Cc1nn(-c2ccc(C(F)(F)F)cc2C(N)=O)c(C)c1Br. The number of aryl methyl sites for hydroxylation is 1. The number of aromatic nitrogens is 2. The van der Waals surface area contributed by atoms with E-state index in [2.05, 4.69) is 21.0 Å². The van der Waals surface area contributed by atoms with E-state index in [1.54, 1.807) is 13.8 Å². The first kappa shape index (κ1) is 15.6. The highest BCUT2D eigenvalue weighted by atomic mass is 79.9. The predicted octanol–water partition coefficient (Wildman–Crippen LogP) is 3.37. The molecule has 2 aromatic rings. The van der Waals surface area contributed by atoms with Crippen LogP contribution in [-0.4, -0.2) is 15.7 Å². The van der Waals surface area contributed by atoms with Gasteiger partial charge in [0.2, 0.25) is 0 Å². The smallest absolute Gasteiger partial charge is 0.366 e. The number of nitrogens with zero attached hydrogens (tertiary/aromatic N) is 2. The maximum absolute atomic E-state index is 12.7. The highest BCUT2D eigenvalue weighted by Gasteiger charge is 2.32. The Morgan fingerprint density at radius 1 is 1.33 bits per heavy atom. The fourth-order valence-corrected chi connectivity index (χ4v) is 2.20. The van der Waals surface area contributed by atoms with Gasteiger partial charge in [-0.1, -0.05) is 0 Å². The van der Waals surface area contributed by atoms with Crippen LogP contribution in [0.5, 0.6) is 0 Å². The molecule has 0 aliphatic heterocycles. The number of primary amides is 1. The number of alkyl halides is 3. The molecular weight excluding hydrogens is 351 g/mol.